The largest absolute Gasteiger partial charge is 0.393 e. The summed E-state index contributed by atoms with van der Waals surface area (Å²) in [6.45, 7) is 0.222. The summed E-state index contributed by atoms with van der Waals surface area (Å²) in [5, 5.41) is 13.5. The Bertz CT molecular complexity index is 1040. The molecule has 1 unspecified atom stereocenters. The number of alkyl halides is 2. The molecule has 0 radical (unpaired) electrons. The SMILES string of the molecule is N/C(=C\N(N)CCC(F)Cn1cc(NC(=O)CN2CC(F)C2)nn1)C(=O)NCc1ncccc1F. The van der Waals surface area contributed by atoms with Crippen molar-refractivity contribution in [2.75, 3.05) is 31.5 Å². The second-order valence-corrected chi connectivity index (χ2v) is 7.99. The number of pyridine rings is 1. The Morgan fingerprint density at radius 1 is 1.37 bits per heavy atom. The molecule has 1 atom stereocenters. The molecule has 12 nitrogen and oxygen atoms in total. The third-order valence-electron chi connectivity index (χ3n) is 4.99. The number of carbonyl (C=O) groups excluding carboxylic acids is 2. The Morgan fingerprint density at radius 3 is 2.86 bits per heavy atom. The van der Waals surface area contributed by atoms with E-state index < -0.39 is 24.1 Å². The number of halogens is 3. The van der Waals surface area contributed by atoms with Crippen LogP contribution >= 0.6 is 0 Å². The van der Waals surface area contributed by atoms with Crippen molar-refractivity contribution in [2.45, 2.75) is 31.9 Å². The Morgan fingerprint density at radius 2 is 2.14 bits per heavy atom. The van der Waals surface area contributed by atoms with Gasteiger partial charge in [-0.3, -0.25) is 19.5 Å². The van der Waals surface area contributed by atoms with E-state index in [0.717, 1.165) is 11.2 Å². The number of likely N-dealkylation sites (tertiary alicyclic amines) is 1. The molecule has 3 rings (SSSR count). The zero-order valence-corrected chi connectivity index (χ0v) is 18.8. The minimum absolute atomic E-state index is 0.0119. The van der Waals surface area contributed by atoms with Gasteiger partial charge < -0.3 is 21.4 Å². The lowest BCUT2D eigenvalue weighted by molar-refractivity contribution is -0.119. The van der Waals surface area contributed by atoms with Gasteiger partial charge in [0.25, 0.3) is 5.91 Å². The van der Waals surface area contributed by atoms with Gasteiger partial charge in [0.1, 0.15) is 23.9 Å². The molecule has 0 bridgehead atoms. The van der Waals surface area contributed by atoms with Gasteiger partial charge in [0, 0.05) is 32.0 Å². The molecule has 35 heavy (non-hydrogen) atoms. The first kappa shape index (κ1) is 25.9. The minimum atomic E-state index is -1.36. The number of amides is 2. The van der Waals surface area contributed by atoms with Gasteiger partial charge in [-0.05, 0) is 18.6 Å². The number of nitrogens with one attached hydrogen (secondary N) is 2. The summed E-state index contributed by atoms with van der Waals surface area (Å²) in [5.41, 5.74) is 5.50. The van der Waals surface area contributed by atoms with Crippen LogP contribution in [0.1, 0.15) is 12.1 Å². The zero-order valence-electron chi connectivity index (χ0n) is 18.8. The Labute approximate surface area is 199 Å². The number of anilines is 1. The molecular formula is C20H27F3N10O2. The fourth-order valence-corrected chi connectivity index (χ4v) is 3.17. The van der Waals surface area contributed by atoms with Gasteiger partial charge >= 0.3 is 0 Å². The molecule has 2 amide bonds. The van der Waals surface area contributed by atoms with E-state index in [4.69, 9.17) is 11.6 Å². The van der Waals surface area contributed by atoms with E-state index in [1.807, 2.05) is 0 Å². The lowest BCUT2D eigenvalue weighted by Crippen LogP contribution is -2.51. The predicted octanol–water partition coefficient (Wildman–Crippen LogP) is -0.575. The van der Waals surface area contributed by atoms with Gasteiger partial charge in [-0.2, -0.15) is 0 Å². The first-order valence-corrected chi connectivity index (χ1v) is 10.8. The fourth-order valence-electron chi connectivity index (χ4n) is 3.17. The van der Waals surface area contributed by atoms with Crippen molar-refractivity contribution in [1.82, 2.24) is 35.2 Å². The lowest BCUT2D eigenvalue weighted by Gasteiger charge is -2.33. The van der Waals surface area contributed by atoms with Crippen LogP contribution in [0.3, 0.4) is 0 Å². The summed E-state index contributed by atoms with van der Waals surface area (Å²) < 4.78 is 41.9. The van der Waals surface area contributed by atoms with Crippen LogP contribution in [0, 0.1) is 5.82 Å². The highest BCUT2D eigenvalue weighted by molar-refractivity contribution is 5.92. The van der Waals surface area contributed by atoms with Crippen LogP contribution in [0.2, 0.25) is 0 Å². The quantitative estimate of drug-likeness (QED) is 0.171. The van der Waals surface area contributed by atoms with E-state index in [0.29, 0.717) is 0 Å². The van der Waals surface area contributed by atoms with Gasteiger partial charge in [-0.25, -0.2) is 23.7 Å². The van der Waals surface area contributed by atoms with E-state index >= 15 is 0 Å². The molecule has 1 aliphatic rings. The van der Waals surface area contributed by atoms with Crippen LogP contribution in [-0.4, -0.2) is 80.2 Å². The van der Waals surface area contributed by atoms with Crippen molar-refractivity contribution in [1.29, 1.82) is 0 Å². The second-order valence-electron chi connectivity index (χ2n) is 7.99. The molecular weight excluding hydrogens is 469 g/mol. The third kappa shape index (κ3) is 8.22. The molecule has 0 aromatic carbocycles. The highest BCUT2D eigenvalue weighted by atomic mass is 19.1. The minimum Gasteiger partial charge on any atom is -0.393 e. The summed E-state index contributed by atoms with van der Waals surface area (Å²) in [4.78, 5) is 29.4. The highest BCUT2D eigenvalue weighted by Gasteiger charge is 2.27. The van der Waals surface area contributed by atoms with Crippen molar-refractivity contribution < 1.29 is 22.8 Å². The summed E-state index contributed by atoms with van der Waals surface area (Å²) in [5.74, 6) is 4.31. The molecule has 1 aliphatic heterocycles. The molecule has 15 heteroatoms. The smallest absolute Gasteiger partial charge is 0.269 e. The molecule has 0 aliphatic carbocycles. The van der Waals surface area contributed by atoms with Crippen LogP contribution in [0.5, 0.6) is 0 Å². The maximum atomic E-state index is 14.4. The Hall–Kier alpha value is -3.72. The monoisotopic (exact) mass is 496 g/mol. The van der Waals surface area contributed by atoms with Crippen LogP contribution in [0.4, 0.5) is 19.0 Å². The molecule has 190 valence electrons. The average molecular weight is 496 g/mol. The molecule has 0 saturated carbocycles. The molecule has 2 aromatic rings. The Balaban J connectivity index is 1.36. The summed E-state index contributed by atoms with van der Waals surface area (Å²) >= 11 is 0. The number of hydrogen-bond acceptors (Lipinski definition) is 9. The molecule has 1 fully saturated rings. The highest BCUT2D eigenvalue weighted by Crippen LogP contribution is 2.11. The molecule has 0 spiro atoms. The summed E-state index contributed by atoms with van der Waals surface area (Å²) in [6, 6.07) is 2.65. The van der Waals surface area contributed by atoms with Crippen LogP contribution in [0.15, 0.2) is 36.4 Å². The molecule has 2 aromatic heterocycles. The molecule has 1 saturated heterocycles. The van der Waals surface area contributed by atoms with E-state index in [9.17, 15) is 22.8 Å². The normalized spacial score (nSPS) is 15.4. The molecule has 6 N–H and O–H groups in total. The number of hydrazine groups is 1. The van der Waals surface area contributed by atoms with Crippen molar-refractivity contribution in [2.24, 2.45) is 11.6 Å². The van der Waals surface area contributed by atoms with Crippen molar-refractivity contribution in [3.63, 3.8) is 0 Å². The van der Waals surface area contributed by atoms with Gasteiger partial charge in [-0.15, -0.1) is 5.10 Å². The topological polar surface area (TPSA) is 160 Å². The van der Waals surface area contributed by atoms with Crippen LogP contribution < -0.4 is 22.2 Å². The van der Waals surface area contributed by atoms with Crippen molar-refractivity contribution >= 4 is 17.6 Å². The summed E-state index contributed by atoms with van der Waals surface area (Å²) in [6.07, 6.45) is 1.65. The van der Waals surface area contributed by atoms with Gasteiger partial charge in [0.15, 0.2) is 5.82 Å². The van der Waals surface area contributed by atoms with Gasteiger partial charge in [-0.1, -0.05) is 5.21 Å². The number of nitrogens with zero attached hydrogens (tertiary/aromatic N) is 6. The van der Waals surface area contributed by atoms with E-state index in [1.54, 1.807) is 4.90 Å². The standard InChI is InChI=1S/C20H27F3N10O2/c21-13(9-33-11-18(29-30-33)28-19(34)12-31-7-14(22)8-31)3-5-32(25)10-16(24)20(35)27-6-17-15(23)2-1-4-26-17/h1-2,4,10-11,13-14H,3,5-9,12,24-25H2,(H,27,35)(H,28,34)/b16-10-. The maximum absolute atomic E-state index is 14.4. The number of aromatic nitrogens is 4. The van der Waals surface area contributed by atoms with Crippen LogP contribution in [0.25, 0.3) is 0 Å². The average Bonchev–Trinajstić information content (AvgIpc) is 3.22. The van der Waals surface area contributed by atoms with Gasteiger partial charge in [0.2, 0.25) is 5.91 Å². The zero-order chi connectivity index (χ0) is 25.4. The Kier molecular flexibility index (Phi) is 8.97. The predicted molar refractivity (Wildman–Crippen MR) is 119 cm³/mol. The van der Waals surface area contributed by atoms with Crippen molar-refractivity contribution in [3.8, 4) is 0 Å². The maximum Gasteiger partial charge on any atom is 0.269 e. The van der Waals surface area contributed by atoms with Crippen molar-refractivity contribution in [3.05, 3.63) is 47.9 Å². The van der Waals surface area contributed by atoms with E-state index in [2.05, 4.69) is 25.9 Å². The number of hydrogen-bond donors (Lipinski definition) is 4. The first-order chi connectivity index (χ1) is 16.7. The number of carbonyl (C=O) groups is 2. The lowest BCUT2D eigenvalue weighted by atomic mass is 10.2. The van der Waals surface area contributed by atoms with Gasteiger partial charge in [0.05, 0.1) is 31.5 Å². The second kappa shape index (κ2) is 12.1. The molecule has 3 heterocycles. The van der Waals surface area contributed by atoms with E-state index in [-0.39, 0.29) is 68.8 Å². The summed E-state index contributed by atoms with van der Waals surface area (Å²) in [7, 11) is 0. The van der Waals surface area contributed by atoms with E-state index in [1.165, 1.54) is 29.2 Å². The first-order valence-electron chi connectivity index (χ1n) is 10.8. The number of nitrogens with two attached hydrogens (primary N) is 2. The fraction of sp³-hybridized carbons (Fsp3) is 0.450. The van der Waals surface area contributed by atoms with Crippen LogP contribution in [-0.2, 0) is 22.7 Å². The number of rotatable bonds is 12. The third-order valence-corrected chi connectivity index (χ3v) is 4.99.